The van der Waals surface area contributed by atoms with Crippen LogP contribution in [0.1, 0.15) is 18.6 Å². The Kier molecular flexibility index (Phi) is 6.62. The van der Waals surface area contributed by atoms with Gasteiger partial charge in [-0.25, -0.2) is 0 Å². The zero-order valence-electron chi connectivity index (χ0n) is 11.0. The summed E-state index contributed by atoms with van der Waals surface area (Å²) in [5.41, 5.74) is 0.696. The van der Waals surface area contributed by atoms with E-state index in [9.17, 15) is 9.90 Å². The van der Waals surface area contributed by atoms with Crippen LogP contribution in [-0.4, -0.2) is 37.9 Å². The Morgan fingerprint density at radius 1 is 1.53 bits per heavy atom. The Labute approximate surface area is 117 Å². The topological polar surface area (TPSA) is 67.8 Å². The Morgan fingerprint density at radius 2 is 2.26 bits per heavy atom. The molecule has 5 nitrogen and oxygen atoms in total. The smallest absolute Gasteiger partial charge is 0.258 e. The van der Waals surface area contributed by atoms with Crippen LogP contribution in [-0.2, 0) is 9.53 Å². The highest BCUT2D eigenvalue weighted by atomic mass is 35.5. The summed E-state index contributed by atoms with van der Waals surface area (Å²) in [6, 6.07) is 4.95. The third-order valence-corrected chi connectivity index (χ3v) is 2.72. The number of carbonyl (C=O) groups is 1. The van der Waals surface area contributed by atoms with Crippen molar-refractivity contribution in [2.24, 2.45) is 0 Å². The molecular weight excluding hydrogens is 270 g/mol. The molecule has 1 aromatic rings. The highest BCUT2D eigenvalue weighted by molar-refractivity contribution is 6.32. The van der Waals surface area contributed by atoms with Crippen molar-refractivity contribution in [3.63, 3.8) is 0 Å². The molecule has 1 amide bonds. The molecule has 0 bridgehead atoms. The molecule has 0 heterocycles. The van der Waals surface area contributed by atoms with Gasteiger partial charge in [0.05, 0.1) is 17.7 Å². The lowest BCUT2D eigenvalue weighted by atomic mass is 10.1. The first-order chi connectivity index (χ1) is 9.04. The van der Waals surface area contributed by atoms with Crippen LogP contribution < -0.4 is 10.1 Å². The lowest BCUT2D eigenvalue weighted by Crippen LogP contribution is -2.31. The number of amides is 1. The summed E-state index contributed by atoms with van der Waals surface area (Å²) in [6.07, 6.45) is -0.594. The van der Waals surface area contributed by atoms with Crippen LogP contribution in [0.15, 0.2) is 18.2 Å². The summed E-state index contributed by atoms with van der Waals surface area (Å²) < 4.78 is 10.1. The van der Waals surface area contributed by atoms with Gasteiger partial charge in [0.25, 0.3) is 5.91 Å². The fourth-order valence-electron chi connectivity index (χ4n) is 1.38. The molecule has 0 spiro atoms. The van der Waals surface area contributed by atoms with Crippen LogP contribution in [0.3, 0.4) is 0 Å². The minimum atomic E-state index is -0.594. The van der Waals surface area contributed by atoms with Crippen molar-refractivity contribution in [2.75, 3.05) is 26.9 Å². The molecule has 19 heavy (non-hydrogen) atoms. The molecule has 0 aliphatic rings. The Bertz CT molecular complexity index is 423. The maximum absolute atomic E-state index is 11.4. The number of nitrogens with one attached hydrogen (secondary N) is 1. The monoisotopic (exact) mass is 287 g/mol. The van der Waals surface area contributed by atoms with Gasteiger partial charge in [0.15, 0.2) is 6.61 Å². The Balaban J connectivity index is 2.47. The van der Waals surface area contributed by atoms with Crippen molar-refractivity contribution in [1.29, 1.82) is 0 Å². The van der Waals surface area contributed by atoms with Crippen molar-refractivity contribution < 1.29 is 19.4 Å². The van der Waals surface area contributed by atoms with Crippen molar-refractivity contribution in [3.05, 3.63) is 28.8 Å². The SMILES string of the molecule is COCCNC(=O)COc1ccc(C(C)O)cc1Cl. The fourth-order valence-corrected chi connectivity index (χ4v) is 1.62. The second-order valence-corrected chi connectivity index (χ2v) is 4.40. The number of benzene rings is 1. The maximum Gasteiger partial charge on any atom is 0.258 e. The fraction of sp³-hybridized carbons (Fsp3) is 0.462. The minimum absolute atomic E-state index is 0.114. The lowest BCUT2D eigenvalue weighted by molar-refractivity contribution is -0.123. The number of aliphatic hydroxyl groups is 1. The highest BCUT2D eigenvalue weighted by Gasteiger charge is 2.08. The van der Waals surface area contributed by atoms with Gasteiger partial charge in [0.1, 0.15) is 5.75 Å². The van der Waals surface area contributed by atoms with E-state index in [0.717, 1.165) is 0 Å². The van der Waals surface area contributed by atoms with Crippen LogP contribution in [0.25, 0.3) is 0 Å². The zero-order chi connectivity index (χ0) is 14.3. The van der Waals surface area contributed by atoms with Crippen LogP contribution >= 0.6 is 11.6 Å². The molecule has 2 N–H and O–H groups in total. The van der Waals surface area contributed by atoms with Gasteiger partial charge in [-0.3, -0.25) is 4.79 Å². The van der Waals surface area contributed by atoms with Crippen molar-refractivity contribution >= 4 is 17.5 Å². The van der Waals surface area contributed by atoms with Crippen LogP contribution in [0.4, 0.5) is 0 Å². The van der Waals surface area contributed by atoms with Gasteiger partial charge in [-0.2, -0.15) is 0 Å². The predicted octanol–water partition coefficient (Wildman–Crippen LogP) is 1.53. The molecule has 1 unspecified atom stereocenters. The largest absolute Gasteiger partial charge is 0.482 e. The second-order valence-electron chi connectivity index (χ2n) is 4.00. The Hall–Kier alpha value is -1.30. The first-order valence-corrected chi connectivity index (χ1v) is 6.28. The maximum atomic E-state index is 11.4. The summed E-state index contributed by atoms with van der Waals surface area (Å²) in [5.74, 6) is 0.167. The van der Waals surface area contributed by atoms with E-state index in [-0.39, 0.29) is 12.5 Å². The number of carbonyl (C=O) groups excluding carboxylic acids is 1. The van der Waals surface area contributed by atoms with Gasteiger partial charge in [-0.1, -0.05) is 17.7 Å². The van der Waals surface area contributed by atoms with E-state index in [1.54, 1.807) is 32.2 Å². The molecule has 0 aliphatic carbocycles. The molecule has 0 radical (unpaired) electrons. The van der Waals surface area contributed by atoms with E-state index >= 15 is 0 Å². The third-order valence-electron chi connectivity index (χ3n) is 2.43. The standard InChI is InChI=1S/C13H18ClNO4/c1-9(16)10-3-4-12(11(14)7-10)19-8-13(17)15-5-6-18-2/h3-4,7,9,16H,5-6,8H2,1-2H3,(H,15,17). The van der Waals surface area contributed by atoms with E-state index in [0.29, 0.717) is 29.5 Å². The first-order valence-electron chi connectivity index (χ1n) is 5.90. The number of halogens is 1. The molecule has 106 valence electrons. The van der Waals surface area contributed by atoms with Gasteiger partial charge in [-0.15, -0.1) is 0 Å². The predicted molar refractivity (Wildman–Crippen MR) is 72.5 cm³/mol. The quantitative estimate of drug-likeness (QED) is 0.747. The summed E-state index contributed by atoms with van der Waals surface area (Å²) in [7, 11) is 1.56. The van der Waals surface area contributed by atoms with E-state index in [1.165, 1.54) is 0 Å². The molecule has 0 aliphatic heterocycles. The third kappa shape index (κ3) is 5.46. The number of aliphatic hydroxyl groups excluding tert-OH is 1. The van der Waals surface area contributed by atoms with E-state index in [2.05, 4.69) is 5.32 Å². The molecule has 1 aromatic carbocycles. The zero-order valence-corrected chi connectivity index (χ0v) is 11.7. The van der Waals surface area contributed by atoms with Crippen molar-refractivity contribution in [3.8, 4) is 5.75 Å². The lowest BCUT2D eigenvalue weighted by Gasteiger charge is -2.11. The van der Waals surface area contributed by atoms with E-state index in [4.69, 9.17) is 21.1 Å². The molecule has 1 rings (SSSR count). The van der Waals surface area contributed by atoms with Crippen LogP contribution in [0, 0.1) is 0 Å². The van der Waals surface area contributed by atoms with Gasteiger partial charge >= 0.3 is 0 Å². The molecule has 6 heteroatoms. The van der Waals surface area contributed by atoms with Gasteiger partial charge in [-0.05, 0) is 24.6 Å². The van der Waals surface area contributed by atoms with Gasteiger partial charge in [0.2, 0.25) is 0 Å². The molecule has 1 atom stereocenters. The van der Waals surface area contributed by atoms with E-state index < -0.39 is 6.10 Å². The van der Waals surface area contributed by atoms with Gasteiger partial charge in [0, 0.05) is 13.7 Å². The number of ether oxygens (including phenoxy) is 2. The van der Waals surface area contributed by atoms with E-state index in [1.807, 2.05) is 0 Å². The number of hydrogen-bond acceptors (Lipinski definition) is 4. The summed E-state index contributed by atoms with van der Waals surface area (Å²) in [4.78, 5) is 11.4. The highest BCUT2D eigenvalue weighted by Crippen LogP contribution is 2.27. The van der Waals surface area contributed by atoms with Crippen LogP contribution in [0.2, 0.25) is 5.02 Å². The first kappa shape index (κ1) is 15.8. The molecule has 0 fully saturated rings. The summed E-state index contributed by atoms with van der Waals surface area (Å²) in [5, 5.41) is 12.4. The average Bonchev–Trinajstić information content (AvgIpc) is 2.37. The summed E-state index contributed by atoms with van der Waals surface area (Å²) in [6.45, 7) is 2.43. The van der Waals surface area contributed by atoms with Crippen molar-refractivity contribution in [2.45, 2.75) is 13.0 Å². The summed E-state index contributed by atoms with van der Waals surface area (Å²) >= 11 is 6.00. The average molecular weight is 288 g/mol. The van der Waals surface area contributed by atoms with Gasteiger partial charge < -0.3 is 19.9 Å². The molecule has 0 saturated heterocycles. The molecule has 0 saturated carbocycles. The van der Waals surface area contributed by atoms with Crippen molar-refractivity contribution in [1.82, 2.24) is 5.32 Å². The Morgan fingerprint density at radius 3 is 2.84 bits per heavy atom. The van der Waals surface area contributed by atoms with Crippen LogP contribution in [0.5, 0.6) is 5.75 Å². The second kappa shape index (κ2) is 7.99. The number of rotatable bonds is 7. The normalized spacial score (nSPS) is 12.0. The number of hydrogen-bond donors (Lipinski definition) is 2. The minimum Gasteiger partial charge on any atom is -0.482 e. The molecular formula is C13H18ClNO4. The number of methoxy groups -OCH3 is 1. The molecule has 0 aromatic heterocycles.